The van der Waals surface area contributed by atoms with Crippen molar-refractivity contribution in [3.63, 3.8) is 0 Å². The highest BCUT2D eigenvalue weighted by atomic mass is 19.4. The second-order valence-corrected chi connectivity index (χ2v) is 4.53. The molecule has 0 aliphatic rings. The third kappa shape index (κ3) is 5.67. The lowest BCUT2D eigenvalue weighted by Crippen LogP contribution is -2.40. The van der Waals surface area contributed by atoms with Crippen LogP contribution in [0.5, 0.6) is 0 Å². The molecule has 0 aliphatic heterocycles. The number of rotatable bonds is 4. The van der Waals surface area contributed by atoms with Crippen LogP contribution in [0.25, 0.3) is 0 Å². The Morgan fingerprint density at radius 3 is 2.12 bits per heavy atom. The molecule has 0 saturated heterocycles. The van der Waals surface area contributed by atoms with Crippen LogP contribution in [-0.2, 0) is 14.3 Å². The van der Waals surface area contributed by atoms with E-state index in [0.29, 0.717) is 6.42 Å². The van der Waals surface area contributed by atoms with Gasteiger partial charge >= 0.3 is 18.1 Å². The highest BCUT2D eigenvalue weighted by Gasteiger charge is 2.43. The number of hydrogen-bond acceptors (Lipinski definition) is 4. The van der Waals surface area contributed by atoms with E-state index in [4.69, 9.17) is 5.73 Å². The summed E-state index contributed by atoms with van der Waals surface area (Å²) in [5, 5.41) is 0. The Bertz CT molecular complexity index is 300. The van der Waals surface area contributed by atoms with Crippen LogP contribution in [0.2, 0.25) is 0 Å². The van der Waals surface area contributed by atoms with Crippen molar-refractivity contribution in [2.24, 2.45) is 11.1 Å². The number of ether oxygens (including phenoxy) is 1. The van der Waals surface area contributed by atoms with E-state index in [1.54, 1.807) is 0 Å². The fourth-order valence-electron chi connectivity index (χ4n) is 1.05. The molecule has 0 rings (SSSR count). The summed E-state index contributed by atoms with van der Waals surface area (Å²) in [4.78, 5) is 21.5. The summed E-state index contributed by atoms with van der Waals surface area (Å²) in [6.45, 7) is 5.48. The van der Waals surface area contributed by atoms with Crippen LogP contribution < -0.4 is 5.73 Å². The van der Waals surface area contributed by atoms with E-state index in [2.05, 4.69) is 4.74 Å². The summed E-state index contributed by atoms with van der Waals surface area (Å²) in [5.74, 6) is -3.89. The van der Waals surface area contributed by atoms with E-state index >= 15 is 0 Å². The highest BCUT2D eigenvalue weighted by Crippen LogP contribution is 2.26. The van der Waals surface area contributed by atoms with Crippen LogP contribution in [0.15, 0.2) is 0 Å². The van der Waals surface area contributed by atoms with Crippen molar-refractivity contribution in [3.8, 4) is 0 Å². The largest absolute Gasteiger partial charge is 0.491 e. The molecule has 4 nitrogen and oxygen atoms in total. The van der Waals surface area contributed by atoms with E-state index in [1.807, 2.05) is 20.8 Å². The summed E-state index contributed by atoms with van der Waals surface area (Å²) < 4.78 is 39.1. The zero-order valence-electron chi connectivity index (χ0n) is 9.93. The molecule has 0 heterocycles. The number of carbonyl (C=O) groups is 2. The smallest absolute Gasteiger partial charge is 0.385 e. The summed E-state index contributed by atoms with van der Waals surface area (Å²) in [7, 11) is 0. The first-order valence-corrected chi connectivity index (χ1v) is 5.08. The molecule has 1 atom stereocenters. The summed E-state index contributed by atoms with van der Waals surface area (Å²) in [6.07, 6.45) is -4.34. The molecule has 0 aromatic carbocycles. The Morgan fingerprint density at radius 1 is 1.29 bits per heavy atom. The van der Waals surface area contributed by atoms with Crippen molar-refractivity contribution in [2.75, 3.05) is 0 Å². The third-order valence-electron chi connectivity index (χ3n) is 2.46. The zero-order chi connectivity index (χ0) is 13.9. The molecule has 0 bridgehead atoms. The van der Waals surface area contributed by atoms with Gasteiger partial charge in [-0.2, -0.15) is 13.2 Å². The van der Waals surface area contributed by atoms with Crippen molar-refractivity contribution >= 4 is 11.9 Å². The van der Waals surface area contributed by atoms with Crippen molar-refractivity contribution in [3.05, 3.63) is 0 Å². The maximum Gasteiger partial charge on any atom is 0.491 e. The van der Waals surface area contributed by atoms with Crippen molar-refractivity contribution in [1.82, 2.24) is 0 Å². The molecule has 0 unspecified atom stereocenters. The van der Waals surface area contributed by atoms with Crippen molar-refractivity contribution < 1.29 is 27.5 Å². The molecule has 2 N–H and O–H groups in total. The molecule has 0 aliphatic carbocycles. The second-order valence-electron chi connectivity index (χ2n) is 4.53. The lowest BCUT2D eigenvalue weighted by Gasteiger charge is -2.25. The first-order chi connectivity index (χ1) is 7.49. The summed E-state index contributed by atoms with van der Waals surface area (Å²) >= 11 is 0. The first kappa shape index (κ1) is 15.9. The van der Waals surface area contributed by atoms with Gasteiger partial charge in [-0.1, -0.05) is 27.2 Å². The minimum atomic E-state index is -5.18. The fraction of sp³-hybridized carbons (Fsp3) is 0.800. The first-order valence-electron chi connectivity index (χ1n) is 5.08. The van der Waals surface area contributed by atoms with Gasteiger partial charge in [0.05, 0.1) is 0 Å². The molecule has 17 heavy (non-hydrogen) atoms. The normalized spacial score (nSPS) is 14.3. The molecule has 0 amide bonds. The van der Waals surface area contributed by atoms with Crippen LogP contribution in [0, 0.1) is 5.41 Å². The molecule has 0 radical (unpaired) electrons. The predicted octanol–water partition coefficient (Wildman–Crippen LogP) is 1.77. The molecule has 0 spiro atoms. The maximum absolute atomic E-state index is 11.8. The average molecular weight is 255 g/mol. The minimum Gasteiger partial charge on any atom is -0.385 e. The quantitative estimate of drug-likeness (QED) is 0.614. The van der Waals surface area contributed by atoms with Gasteiger partial charge in [-0.25, -0.2) is 9.59 Å². The summed E-state index contributed by atoms with van der Waals surface area (Å²) in [6, 6.07) is -1.24. The van der Waals surface area contributed by atoms with Gasteiger partial charge in [0.25, 0.3) is 0 Å². The molecule has 100 valence electrons. The number of carbonyl (C=O) groups excluding carboxylic acids is 2. The van der Waals surface area contributed by atoms with Crippen molar-refractivity contribution in [1.29, 1.82) is 0 Å². The van der Waals surface area contributed by atoms with Crippen LogP contribution in [0.1, 0.15) is 33.6 Å². The molecule has 7 heteroatoms. The van der Waals surface area contributed by atoms with Gasteiger partial charge in [0.2, 0.25) is 0 Å². The van der Waals surface area contributed by atoms with E-state index < -0.39 is 24.2 Å². The Balaban J connectivity index is 4.39. The molecule has 0 aromatic heterocycles. The Kier molecular flexibility index (Phi) is 5.12. The molecular weight excluding hydrogens is 239 g/mol. The van der Waals surface area contributed by atoms with Crippen LogP contribution in [-0.4, -0.2) is 24.2 Å². The molecular formula is C10H16F3NO3. The minimum absolute atomic E-state index is 0.146. The number of hydrogen-bond donors (Lipinski definition) is 1. The van der Waals surface area contributed by atoms with E-state index in [0.717, 1.165) is 0 Å². The topological polar surface area (TPSA) is 69.4 Å². The van der Waals surface area contributed by atoms with Gasteiger partial charge < -0.3 is 10.5 Å². The Labute approximate surface area is 97.3 Å². The third-order valence-corrected chi connectivity index (χ3v) is 2.46. The molecule has 0 aromatic rings. The van der Waals surface area contributed by atoms with Gasteiger partial charge in [-0.15, -0.1) is 0 Å². The number of esters is 2. The Hall–Kier alpha value is -1.11. The van der Waals surface area contributed by atoms with Gasteiger partial charge in [-0.05, 0) is 11.8 Å². The second kappa shape index (κ2) is 5.48. The zero-order valence-corrected chi connectivity index (χ0v) is 9.93. The standard InChI is InChI=1S/C10H16F3NO3/c1-4-9(2,3)5-6(14)7(15)17-8(16)10(11,12)13/h6H,4-5,14H2,1-3H3/t6-/m0/s1. The molecule has 0 fully saturated rings. The van der Waals surface area contributed by atoms with Gasteiger partial charge in [0, 0.05) is 0 Å². The van der Waals surface area contributed by atoms with Crippen LogP contribution in [0.3, 0.4) is 0 Å². The highest BCUT2D eigenvalue weighted by molar-refractivity contribution is 5.90. The average Bonchev–Trinajstić information content (AvgIpc) is 2.15. The predicted molar refractivity (Wildman–Crippen MR) is 53.8 cm³/mol. The van der Waals surface area contributed by atoms with Crippen LogP contribution in [0.4, 0.5) is 13.2 Å². The number of halogens is 3. The van der Waals surface area contributed by atoms with Gasteiger partial charge in [0.1, 0.15) is 6.04 Å². The maximum atomic E-state index is 11.8. The summed E-state index contributed by atoms with van der Waals surface area (Å²) in [5.41, 5.74) is 5.07. The fourth-order valence-corrected chi connectivity index (χ4v) is 1.05. The lowest BCUT2D eigenvalue weighted by atomic mass is 9.83. The molecule has 0 saturated carbocycles. The van der Waals surface area contributed by atoms with E-state index in [1.165, 1.54) is 0 Å². The van der Waals surface area contributed by atoms with Crippen LogP contribution >= 0.6 is 0 Å². The van der Waals surface area contributed by atoms with E-state index in [-0.39, 0.29) is 11.8 Å². The number of nitrogens with two attached hydrogens (primary N) is 1. The monoisotopic (exact) mass is 255 g/mol. The van der Waals surface area contributed by atoms with Gasteiger partial charge in [-0.3, -0.25) is 0 Å². The van der Waals surface area contributed by atoms with Crippen molar-refractivity contribution in [2.45, 2.75) is 45.8 Å². The Morgan fingerprint density at radius 2 is 1.76 bits per heavy atom. The lowest BCUT2D eigenvalue weighted by molar-refractivity contribution is -0.202. The van der Waals surface area contributed by atoms with Gasteiger partial charge in [0.15, 0.2) is 0 Å². The SMILES string of the molecule is CCC(C)(C)C[C@H](N)C(=O)OC(=O)C(F)(F)F. The number of alkyl halides is 3. The van der Waals surface area contributed by atoms with E-state index in [9.17, 15) is 22.8 Å².